The number of anilines is 6. The van der Waals surface area contributed by atoms with Crippen LogP contribution in [0.25, 0.3) is 66.8 Å². The van der Waals surface area contributed by atoms with Crippen molar-refractivity contribution in [2.24, 2.45) is 0 Å². The van der Waals surface area contributed by atoms with E-state index >= 15 is 0 Å². The maximum absolute atomic E-state index is 2.36. The molecule has 0 spiro atoms. The average Bonchev–Trinajstić information content (AvgIpc) is 3.49. The van der Waals surface area contributed by atoms with Crippen LogP contribution in [0.2, 0.25) is 0 Å². The Bertz CT molecular complexity index is 3610. The molecule has 11 aromatic carbocycles. The molecule has 1 aliphatic carbocycles. The lowest BCUT2D eigenvalue weighted by Crippen LogP contribution is -2.19. The summed E-state index contributed by atoms with van der Waals surface area (Å²) in [6.07, 6.45) is 9.88. The monoisotopic (exact) mass is 960 g/mol. The maximum Gasteiger partial charge on any atom is 0.0462 e. The van der Waals surface area contributed by atoms with Gasteiger partial charge in [-0.2, -0.15) is 0 Å². The first-order valence-electron chi connectivity index (χ1n) is 25.9. The second-order valence-corrected chi connectivity index (χ2v) is 19.6. The van der Waals surface area contributed by atoms with Crippen LogP contribution in [0.5, 0.6) is 0 Å². The Labute approximate surface area is 442 Å². The lowest BCUT2D eigenvalue weighted by atomic mass is 9.77. The topological polar surface area (TPSA) is 6.48 Å². The summed E-state index contributed by atoms with van der Waals surface area (Å²) in [5, 5.41) is 0. The predicted molar refractivity (Wildman–Crippen MR) is 319 cm³/mol. The summed E-state index contributed by atoms with van der Waals surface area (Å²) in [6, 6.07) is 103. The molecule has 358 valence electrons. The maximum atomic E-state index is 2.36. The van der Waals surface area contributed by atoms with Gasteiger partial charge in [0.2, 0.25) is 0 Å². The van der Waals surface area contributed by atoms with E-state index in [4.69, 9.17) is 0 Å². The smallest absolute Gasteiger partial charge is 0.0462 e. The van der Waals surface area contributed by atoms with Crippen LogP contribution in [0.15, 0.2) is 309 Å². The summed E-state index contributed by atoms with van der Waals surface area (Å²) < 4.78 is 0. The summed E-state index contributed by atoms with van der Waals surface area (Å²) in [6.45, 7) is 2.32. The van der Waals surface area contributed by atoms with Gasteiger partial charge >= 0.3 is 0 Å². The third-order valence-electron chi connectivity index (χ3n) is 14.8. The summed E-state index contributed by atoms with van der Waals surface area (Å²) in [4.78, 5) is 4.69. The van der Waals surface area contributed by atoms with E-state index in [2.05, 4.69) is 326 Å². The van der Waals surface area contributed by atoms with Gasteiger partial charge in [0.1, 0.15) is 0 Å². The second-order valence-electron chi connectivity index (χ2n) is 19.6. The van der Waals surface area contributed by atoms with Gasteiger partial charge in [-0.15, -0.1) is 0 Å². The number of allylic oxidation sites excluding steroid dienone is 4. The Morgan fingerprint density at radius 2 is 0.453 bits per heavy atom. The minimum Gasteiger partial charge on any atom is -0.311 e. The second kappa shape index (κ2) is 20.9. The zero-order chi connectivity index (χ0) is 50.4. The fourth-order valence-corrected chi connectivity index (χ4v) is 10.4. The van der Waals surface area contributed by atoms with E-state index in [0.717, 1.165) is 40.5 Å². The Morgan fingerprint density at radius 1 is 0.240 bits per heavy atom. The van der Waals surface area contributed by atoms with Crippen LogP contribution in [0.1, 0.15) is 18.9 Å². The van der Waals surface area contributed by atoms with Crippen molar-refractivity contribution >= 4 is 34.1 Å². The fraction of sp³-hybridized carbons (Fsp3) is 0.0411. The first-order chi connectivity index (χ1) is 37.0. The van der Waals surface area contributed by atoms with Crippen molar-refractivity contribution in [3.63, 3.8) is 0 Å². The molecule has 2 nitrogen and oxygen atoms in total. The molecule has 0 radical (unpaired) electrons. The van der Waals surface area contributed by atoms with E-state index in [1.54, 1.807) is 0 Å². The number of rotatable bonds is 13. The Kier molecular flexibility index (Phi) is 13.0. The van der Waals surface area contributed by atoms with E-state index < -0.39 is 0 Å². The minimum atomic E-state index is -0.00993. The number of nitrogens with zero attached hydrogens (tertiary/aromatic N) is 2. The highest BCUT2D eigenvalue weighted by atomic mass is 15.1. The van der Waals surface area contributed by atoms with E-state index in [-0.39, 0.29) is 5.41 Å². The molecular formula is C73H56N2. The van der Waals surface area contributed by atoms with Gasteiger partial charge in [-0.05, 0) is 152 Å². The van der Waals surface area contributed by atoms with Crippen LogP contribution in [0, 0.1) is 0 Å². The molecule has 2 heteroatoms. The third kappa shape index (κ3) is 10.0. The minimum absolute atomic E-state index is 0.00993. The van der Waals surface area contributed by atoms with Crippen LogP contribution >= 0.6 is 0 Å². The lowest BCUT2D eigenvalue weighted by Gasteiger charge is -2.29. The molecule has 0 saturated carbocycles. The highest BCUT2D eigenvalue weighted by Gasteiger charge is 2.24. The molecule has 75 heavy (non-hydrogen) atoms. The summed E-state index contributed by atoms with van der Waals surface area (Å²) in [5.74, 6) is 0. The van der Waals surface area contributed by atoms with Gasteiger partial charge in [-0.1, -0.05) is 244 Å². The lowest BCUT2D eigenvalue weighted by molar-refractivity contribution is 0.600. The molecule has 0 aliphatic heterocycles. The largest absolute Gasteiger partial charge is 0.311 e. The van der Waals surface area contributed by atoms with Gasteiger partial charge in [0.25, 0.3) is 0 Å². The number of hydrogen-bond acceptors (Lipinski definition) is 2. The molecular weight excluding hydrogens is 905 g/mol. The van der Waals surface area contributed by atoms with Crippen molar-refractivity contribution in [3.8, 4) is 66.8 Å². The molecule has 12 rings (SSSR count). The summed E-state index contributed by atoms with van der Waals surface area (Å²) >= 11 is 0. The van der Waals surface area contributed by atoms with Gasteiger partial charge in [0.05, 0.1) is 0 Å². The average molecular weight is 961 g/mol. The first-order valence-corrected chi connectivity index (χ1v) is 25.9. The highest BCUT2D eigenvalue weighted by molar-refractivity contribution is 5.83. The molecule has 0 fully saturated rings. The number of hydrogen-bond donors (Lipinski definition) is 0. The molecule has 1 aliphatic rings. The van der Waals surface area contributed by atoms with Gasteiger partial charge in [-0.3, -0.25) is 0 Å². The van der Waals surface area contributed by atoms with Crippen LogP contribution < -0.4 is 9.80 Å². The van der Waals surface area contributed by atoms with Crippen molar-refractivity contribution in [1.29, 1.82) is 0 Å². The molecule has 0 bridgehead atoms. The molecule has 11 aromatic rings. The molecule has 0 saturated heterocycles. The molecule has 0 amide bonds. The fourth-order valence-electron chi connectivity index (χ4n) is 10.4. The molecule has 0 heterocycles. The van der Waals surface area contributed by atoms with Gasteiger partial charge in [0, 0.05) is 39.5 Å². The van der Waals surface area contributed by atoms with Crippen molar-refractivity contribution in [1.82, 2.24) is 0 Å². The van der Waals surface area contributed by atoms with Crippen LogP contribution in [-0.4, -0.2) is 0 Å². The summed E-state index contributed by atoms with van der Waals surface area (Å²) in [5.41, 5.74) is 22.3. The zero-order valence-corrected chi connectivity index (χ0v) is 42.0. The molecule has 0 aromatic heterocycles. The molecule has 1 unspecified atom stereocenters. The SMILES string of the molecule is CC1(c2ccc(N(c3ccc(-c4ccccc4)cc3)c3ccc(-c4ccc(-c5ccc(-c6ccc(N(c7ccc(-c8ccccc8)cc7)c7ccc(-c8ccccc8)cc7)cc6)cc5)cc4)cc3)cc2)C=CC=CC1. The van der Waals surface area contributed by atoms with Crippen molar-refractivity contribution < 1.29 is 0 Å². The normalized spacial score (nSPS) is 13.8. The molecule has 0 N–H and O–H groups in total. The van der Waals surface area contributed by atoms with Crippen molar-refractivity contribution in [2.75, 3.05) is 9.80 Å². The van der Waals surface area contributed by atoms with Gasteiger partial charge < -0.3 is 9.80 Å². The Balaban J connectivity index is 0.766. The first kappa shape index (κ1) is 46.6. The van der Waals surface area contributed by atoms with Crippen LogP contribution in [-0.2, 0) is 5.41 Å². The standard InChI is InChI=1S/C73H56N2/c1-73(52-12-5-13-53-73)66-38-50-72(51-39-66)75(70-44-32-63(33-45-70)56-18-10-4-11-19-56)71-48-36-65(37-49-71)60-26-22-58(23-27-60)57-20-24-59(25-21-57)64-34-46-69(47-35-64)74(67-40-28-61(29-41-67)54-14-6-2-7-15-54)68-42-30-62(31-43-68)55-16-8-3-9-17-55/h2-52H,53H2,1H3. The van der Waals surface area contributed by atoms with E-state index in [1.165, 1.54) is 72.3 Å². The van der Waals surface area contributed by atoms with Crippen molar-refractivity contribution in [3.05, 3.63) is 315 Å². The Morgan fingerprint density at radius 3 is 0.680 bits per heavy atom. The van der Waals surface area contributed by atoms with Crippen LogP contribution in [0.4, 0.5) is 34.1 Å². The zero-order valence-electron chi connectivity index (χ0n) is 42.0. The Hall–Kier alpha value is -9.50. The molecule has 1 atom stereocenters. The quantitative estimate of drug-likeness (QED) is 0.114. The van der Waals surface area contributed by atoms with E-state index in [0.29, 0.717) is 0 Å². The van der Waals surface area contributed by atoms with Crippen LogP contribution in [0.3, 0.4) is 0 Å². The van der Waals surface area contributed by atoms with E-state index in [1.807, 2.05) is 0 Å². The predicted octanol–water partition coefficient (Wildman–Crippen LogP) is 20.4. The van der Waals surface area contributed by atoms with Crippen molar-refractivity contribution in [2.45, 2.75) is 18.8 Å². The summed E-state index contributed by atoms with van der Waals surface area (Å²) in [7, 11) is 0. The van der Waals surface area contributed by atoms with Gasteiger partial charge in [0.15, 0.2) is 0 Å². The highest BCUT2D eigenvalue weighted by Crippen LogP contribution is 2.41. The van der Waals surface area contributed by atoms with Gasteiger partial charge in [-0.25, -0.2) is 0 Å². The number of benzene rings is 11. The van der Waals surface area contributed by atoms with E-state index in [9.17, 15) is 0 Å². The third-order valence-corrected chi connectivity index (χ3v) is 14.8.